The number of benzene rings is 1. The fourth-order valence-electron chi connectivity index (χ4n) is 4.64. The molecule has 0 aromatic heterocycles. The van der Waals surface area contributed by atoms with Crippen LogP contribution in [0, 0.1) is 17.3 Å². The summed E-state index contributed by atoms with van der Waals surface area (Å²) in [5.41, 5.74) is 0.939. The van der Waals surface area contributed by atoms with Gasteiger partial charge in [0.25, 0.3) is 0 Å². The predicted octanol–water partition coefficient (Wildman–Crippen LogP) is 6.47. The topological polar surface area (TPSA) is 17.1 Å². The Hall–Kier alpha value is -1.63. The van der Waals surface area contributed by atoms with Crippen molar-refractivity contribution in [3.05, 3.63) is 60.2 Å². The van der Waals surface area contributed by atoms with E-state index < -0.39 is 0 Å². The Bertz CT molecular complexity index is 576. The lowest BCUT2D eigenvalue weighted by Gasteiger charge is -2.38. The first-order valence-corrected chi connectivity index (χ1v) is 10.2. The molecule has 1 heteroatoms. The molecule has 0 saturated heterocycles. The van der Waals surface area contributed by atoms with Gasteiger partial charge in [-0.3, -0.25) is 0 Å². The molecule has 25 heavy (non-hydrogen) atoms. The third-order valence-electron chi connectivity index (χ3n) is 6.34. The number of hydrogen-bond acceptors (Lipinski definition) is 1. The van der Waals surface area contributed by atoms with E-state index in [2.05, 4.69) is 61.6 Å². The highest BCUT2D eigenvalue weighted by molar-refractivity contribution is 5.68. The largest absolute Gasteiger partial charge is 0.302 e. The lowest BCUT2D eigenvalue weighted by atomic mass is 9.65. The number of unbranched alkanes of at least 4 members (excludes halogenated alkanes) is 2. The van der Waals surface area contributed by atoms with E-state index in [1.54, 1.807) is 0 Å². The molecule has 0 unspecified atom stereocenters. The van der Waals surface area contributed by atoms with Crippen molar-refractivity contribution in [3.63, 3.8) is 0 Å². The molecular weight excluding hydrogens is 304 g/mol. The molecule has 0 amide bonds. The molecule has 2 aliphatic carbocycles. The normalized spacial score (nSPS) is 31.8. The molecule has 0 aliphatic heterocycles. The number of rotatable bonds is 7. The summed E-state index contributed by atoms with van der Waals surface area (Å²) < 4.78 is 0. The first-order valence-electron chi connectivity index (χ1n) is 10.2. The predicted molar refractivity (Wildman–Crippen MR) is 106 cm³/mol. The van der Waals surface area contributed by atoms with E-state index in [-0.39, 0.29) is 5.41 Å². The van der Waals surface area contributed by atoms with E-state index in [0.29, 0.717) is 11.8 Å². The molecule has 2 aliphatic rings. The first kappa shape index (κ1) is 18.2. The fourth-order valence-corrected chi connectivity index (χ4v) is 4.64. The second-order valence-corrected chi connectivity index (χ2v) is 7.99. The summed E-state index contributed by atoms with van der Waals surface area (Å²) in [6, 6.07) is 10.5. The van der Waals surface area contributed by atoms with Crippen molar-refractivity contribution in [3.8, 4) is 0 Å². The molecule has 0 atom stereocenters. The molecule has 134 valence electrons. The lowest BCUT2D eigenvalue weighted by Crippen LogP contribution is -2.33. The van der Waals surface area contributed by atoms with Gasteiger partial charge in [-0.2, -0.15) is 0 Å². The molecule has 0 N–H and O–H groups in total. The highest BCUT2D eigenvalue weighted by Crippen LogP contribution is 2.45. The van der Waals surface area contributed by atoms with E-state index in [1.807, 2.05) is 0 Å². The number of allylic oxidation sites excluding steroid dienone is 4. The van der Waals surface area contributed by atoms with Crippen LogP contribution >= 0.6 is 0 Å². The van der Waals surface area contributed by atoms with E-state index in [4.69, 9.17) is 0 Å². The van der Waals surface area contributed by atoms with Crippen LogP contribution in [-0.4, -0.2) is 6.29 Å². The second kappa shape index (κ2) is 8.65. The summed E-state index contributed by atoms with van der Waals surface area (Å²) >= 11 is 0. The van der Waals surface area contributed by atoms with Gasteiger partial charge in [-0.25, -0.2) is 0 Å². The molecule has 1 aromatic rings. The number of hydrogen-bond donors (Lipinski definition) is 0. The average molecular weight is 337 g/mol. The summed E-state index contributed by atoms with van der Waals surface area (Å²) in [4.78, 5) is 12.0. The summed E-state index contributed by atoms with van der Waals surface area (Å²) in [5.74, 6) is 1.68. The van der Waals surface area contributed by atoms with Gasteiger partial charge in [0, 0.05) is 5.92 Å². The summed E-state index contributed by atoms with van der Waals surface area (Å²) in [7, 11) is 0. The van der Waals surface area contributed by atoms with Crippen LogP contribution in [0.5, 0.6) is 0 Å². The van der Waals surface area contributed by atoms with Crippen molar-refractivity contribution in [1.82, 2.24) is 0 Å². The number of carbonyl (C=O) groups excluding carboxylic acids is 1. The zero-order chi connectivity index (χ0) is 17.5. The van der Waals surface area contributed by atoms with Crippen LogP contribution in [0.15, 0.2) is 54.6 Å². The van der Waals surface area contributed by atoms with Gasteiger partial charge in [-0.15, -0.1) is 0 Å². The second-order valence-electron chi connectivity index (χ2n) is 7.99. The minimum absolute atomic E-state index is 0.305. The third-order valence-corrected chi connectivity index (χ3v) is 6.34. The van der Waals surface area contributed by atoms with E-state index >= 15 is 0 Å². The van der Waals surface area contributed by atoms with Gasteiger partial charge < -0.3 is 4.79 Å². The highest BCUT2D eigenvalue weighted by Gasteiger charge is 2.38. The summed E-state index contributed by atoms with van der Waals surface area (Å²) in [6.45, 7) is 2.27. The molecule has 1 saturated carbocycles. The minimum atomic E-state index is -0.361. The van der Waals surface area contributed by atoms with Crippen molar-refractivity contribution in [2.45, 2.75) is 64.2 Å². The smallest absolute Gasteiger partial charge is 0.133 e. The lowest BCUT2D eigenvalue weighted by molar-refractivity contribution is -0.114. The van der Waals surface area contributed by atoms with Gasteiger partial charge in [0.2, 0.25) is 0 Å². The Labute approximate surface area is 153 Å². The average Bonchev–Trinajstić information content (AvgIpc) is 2.69. The Morgan fingerprint density at radius 1 is 1.00 bits per heavy atom. The van der Waals surface area contributed by atoms with Gasteiger partial charge in [0.15, 0.2) is 0 Å². The SMILES string of the molecule is CCCCC[C@H]1CC[C@H](C2(C=O)C=CC(c3ccccc3)C=C2)CC1. The zero-order valence-corrected chi connectivity index (χ0v) is 15.6. The molecule has 1 aromatic carbocycles. The molecule has 1 nitrogen and oxygen atoms in total. The van der Waals surface area contributed by atoms with Crippen LogP contribution in [0.4, 0.5) is 0 Å². The first-order chi connectivity index (χ1) is 12.3. The summed E-state index contributed by atoms with van der Waals surface area (Å²) in [6.07, 6.45) is 20.5. The van der Waals surface area contributed by atoms with Crippen LogP contribution in [0.3, 0.4) is 0 Å². The molecule has 0 heterocycles. The molecule has 0 spiro atoms. The van der Waals surface area contributed by atoms with E-state index in [1.165, 1.54) is 63.2 Å². The molecule has 1 fully saturated rings. The van der Waals surface area contributed by atoms with E-state index in [9.17, 15) is 4.79 Å². The molecule has 0 bridgehead atoms. The van der Waals surface area contributed by atoms with Crippen molar-refractivity contribution in [2.24, 2.45) is 17.3 Å². The summed E-state index contributed by atoms with van der Waals surface area (Å²) in [5, 5.41) is 0. The monoisotopic (exact) mass is 336 g/mol. The Balaban J connectivity index is 1.60. The van der Waals surface area contributed by atoms with Crippen LogP contribution in [0.2, 0.25) is 0 Å². The molecular formula is C24H32O. The standard InChI is InChI=1S/C24H32O/c1-2-3-5-8-20-11-13-23(14-12-20)24(19-25)17-15-22(16-18-24)21-9-6-4-7-10-21/h4,6-7,9-10,15-20,22-23H,2-3,5,8,11-14H2,1H3/t20-,22?,23-,24?. The van der Waals surface area contributed by atoms with E-state index in [0.717, 1.165) is 5.92 Å². The van der Waals surface area contributed by atoms with Crippen LogP contribution in [0.25, 0.3) is 0 Å². The number of aldehydes is 1. The van der Waals surface area contributed by atoms with Gasteiger partial charge in [0.05, 0.1) is 5.41 Å². The zero-order valence-electron chi connectivity index (χ0n) is 15.6. The highest BCUT2D eigenvalue weighted by atomic mass is 16.1. The van der Waals surface area contributed by atoms with Crippen molar-refractivity contribution >= 4 is 6.29 Å². The Kier molecular flexibility index (Phi) is 6.29. The Morgan fingerprint density at radius 3 is 2.28 bits per heavy atom. The van der Waals surface area contributed by atoms with Gasteiger partial charge in [0.1, 0.15) is 6.29 Å². The quantitative estimate of drug-likeness (QED) is 0.317. The van der Waals surface area contributed by atoms with Crippen LogP contribution < -0.4 is 0 Å². The van der Waals surface area contributed by atoms with Gasteiger partial charge in [-0.05, 0) is 30.2 Å². The van der Waals surface area contributed by atoms with Crippen LogP contribution in [-0.2, 0) is 4.79 Å². The maximum atomic E-state index is 12.0. The van der Waals surface area contributed by atoms with Gasteiger partial charge in [-0.1, -0.05) is 100 Å². The van der Waals surface area contributed by atoms with Crippen LogP contribution in [0.1, 0.15) is 69.8 Å². The maximum Gasteiger partial charge on any atom is 0.133 e. The van der Waals surface area contributed by atoms with Gasteiger partial charge >= 0.3 is 0 Å². The van der Waals surface area contributed by atoms with Crippen molar-refractivity contribution < 1.29 is 4.79 Å². The van der Waals surface area contributed by atoms with Crippen molar-refractivity contribution in [2.75, 3.05) is 0 Å². The molecule has 0 radical (unpaired) electrons. The maximum absolute atomic E-state index is 12.0. The Morgan fingerprint density at radius 2 is 1.68 bits per heavy atom. The van der Waals surface area contributed by atoms with Crippen molar-refractivity contribution in [1.29, 1.82) is 0 Å². The fraction of sp³-hybridized carbons (Fsp3) is 0.542. The number of carbonyl (C=O) groups is 1. The minimum Gasteiger partial charge on any atom is -0.302 e. The third kappa shape index (κ3) is 4.32. The molecule has 3 rings (SSSR count).